The van der Waals surface area contributed by atoms with E-state index in [-0.39, 0.29) is 12.4 Å². The second kappa shape index (κ2) is 7.61. The normalized spacial score (nSPS) is 11.8. The first-order valence-corrected chi connectivity index (χ1v) is 7.30. The highest BCUT2D eigenvalue weighted by molar-refractivity contribution is 5.73. The Balaban J connectivity index is 2.29. The molecule has 2 aromatic rings. The zero-order valence-electron chi connectivity index (χ0n) is 12.9. The molecule has 0 aliphatic heterocycles. The molecule has 0 bridgehead atoms. The first-order valence-electron chi connectivity index (χ1n) is 7.30. The molecule has 4 nitrogen and oxygen atoms in total. The lowest BCUT2D eigenvalue weighted by Gasteiger charge is -2.15. The molecule has 2 aromatic carbocycles. The van der Waals surface area contributed by atoms with Crippen LogP contribution in [-0.4, -0.2) is 19.7 Å². The number of hydrogen-bond acceptors (Lipinski definition) is 4. The summed E-state index contributed by atoms with van der Waals surface area (Å²) < 4.78 is 10.4. The summed E-state index contributed by atoms with van der Waals surface area (Å²) in [7, 11) is 1.64. The van der Waals surface area contributed by atoms with Gasteiger partial charge in [-0.1, -0.05) is 36.4 Å². The van der Waals surface area contributed by atoms with Gasteiger partial charge in [-0.25, -0.2) is 0 Å². The average molecular weight is 299 g/mol. The van der Waals surface area contributed by atoms with E-state index in [9.17, 15) is 4.79 Å². The van der Waals surface area contributed by atoms with E-state index in [2.05, 4.69) is 0 Å². The molecule has 0 saturated heterocycles. The van der Waals surface area contributed by atoms with Gasteiger partial charge in [-0.15, -0.1) is 0 Å². The Kier molecular flexibility index (Phi) is 5.55. The number of nitrogens with two attached hydrogens (primary N) is 1. The van der Waals surface area contributed by atoms with Crippen LogP contribution in [0, 0.1) is 0 Å². The summed E-state index contributed by atoms with van der Waals surface area (Å²) in [4.78, 5) is 11.6. The fourth-order valence-electron chi connectivity index (χ4n) is 2.32. The SMILES string of the molecule is CCOC(=O)C[C@H](N)c1ccc(OC)c(-c2ccccc2)c1. The molecular weight excluding hydrogens is 278 g/mol. The summed E-state index contributed by atoms with van der Waals surface area (Å²) in [5, 5.41) is 0. The maximum absolute atomic E-state index is 11.6. The number of methoxy groups -OCH3 is 1. The van der Waals surface area contributed by atoms with Crippen LogP contribution in [-0.2, 0) is 9.53 Å². The van der Waals surface area contributed by atoms with Gasteiger partial charge in [0.2, 0.25) is 0 Å². The highest BCUT2D eigenvalue weighted by atomic mass is 16.5. The second-order valence-corrected chi connectivity index (χ2v) is 4.94. The molecular formula is C18H21NO3. The highest BCUT2D eigenvalue weighted by Crippen LogP contribution is 2.32. The van der Waals surface area contributed by atoms with Crippen molar-refractivity contribution >= 4 is 5.97 Å². The van der Waals surface area contributed by atoms with Gasteiger partial charge in [0, 0.05) is 11.6 Å². The molecule has 0 saturated carbocycles. The summed E-state index contributed by atoms with van der Waals surface area (Å²) in [6, 6.07) is 15.3. The van der Waals surface area contributed by atoms with Crippen molar-refractivity contribution < 1.29 is 14.3 Å². The third kappa shape index (κ3) is 3.86. The van der Waals surface area contributed by atoms with E-state index in [0.717, 1.165) is 22.4 Å². The minimum Gasteiger partial charge on any atom is -0.496 e. The Morgan fingerprint density at radius 1 is 1.18 bits per heavy atom. The summed E-state index contributed by atoms with van der Waals surface area (Å²) in [6.07, 6.45) is 0.161. The first kappa shape index (κ1) is 16.0. The van der Waals surface area contributed by atoms with Crippen LogP contribution >= 0.6 is 0 Å². The van der Waals surface area contributed by atoms with Gasteiger partial charge >= 0.3 is 5.97 Å². The standard InChI is InChI=1S/C18H21NO3/c1-3-22-18(20)12-16(19)14-9-10-17(21-2)15(11-14)13-7-5-4-6-8-13/h4-11,16H,3,12,19H2,1-2H3/t16-/m0/s1. The van der Waals surface area contributed by atoms with Crippen molar-refractivity contribution in [2.45, 2.75) is 19.4 Å². The molecule has 0 amide bonds. The van der Waals surface area contributed by atoms with E-state index in [4.69, 9.17) is 15.2 Å². The van der Waals surface area contributed by atoms with Crippen LogP contribution in [0.15, 0.2) is 48.5 Å². The Bertz CT molecular complexity index is 625. The van der Waals surface area contributed by atoms with Crippen LogP contribution in [0.3, 0.4) is 0 Å². The Labute approximate surface area is 130 Å². The molecule has 0 aromatic heterocycles. The fourth-order valence-corrected chi connectivity index (χ4v) is 2.32. The lowest BCUT2D eigenvalue weighted by atomic mass is 9.97. The zero-order chi connectivity index (χ0) is 15.9. The molecule has 116 valence electrons. The molecule has 0 radical (unpaired) electrons. The Morgan fingerprint density at radius 2 is 1.91 bits per heavy atom. The van der Waals surface area contributed by atoms with Crippen molar-refractivity contribution in [1.29, 1.82) is 0 Å². The second-order valence-electron chi connectivity index (χ2n) is 4.94. The van der Waals surface area contributed by atoms with Crippen molar-refractivity contribution in [2.75, 3.05) is 13.7 Å². The van der Waals surface area contributed by atoms with Crippen LogP contribution in [0.1, 0.15) is 24.9 Å². The van der Waals surface area contributed by atoms with Gasteiger partial charge in [0.15, 0.2) is 0 Å². The van der Waals surface area contributed by atoms with Gasteiger partial charge in [-0.05, 0) is 30.2 Å². The maximum atomic E-state index is 11.6. The third-order valence-corrected chi connectivity index (χ3v) is 3.43. The topological polar surface area (TPSA) is 61.5 Å². The number of carbonyl (C=O) groups excluding carboxylic acids is 1. The maximum Gasteiger partial charge on any atom is 0.307 e. The summed E-state index contributed by atoms with van der Waals surface area (Å²) in [5.41, 5.74) is 9.01. The quantitative estimate of drug-likeness (QED) is 0.831. The van der Waals surface area contributed by atoms with Crippen LogP contribution < -0.4 is 10.5 Å². The smallest absolute Gasteiger partial charge is 0.307 e. The Morgan fingerprint density at radius 3 is 2.55 bits per heavy atom. The van der Waals surface area contributed by atoms with E-state index in [1.54, 1.807) is 14.0 Å². The molecule has 0 aliphatic carbocycles. The first-order chi connectivity index (χ1) is 10.7. The van der Waals surface area contributed by atoms with Crippen molar-refractivity contribution in [1.82, 2.24) is 0 Å². The van der Waals surface area contributed by atoms with Crippen molar-refractivity contribution in [3.05, 3.63) is 54.1 Å². The van der Waals surface area contributed by atoms with Gasteiger partial charge in [-0.2, -0.15) is 0 Å². The van der Waals surface area contributed by atoms with Gasteiger partial charge in [0.25, 0.3) is 0 Å². The van der Waals surface area contributed by atoms with Crippen LogP contribution in [0.25, 0.3) is 11.1 Å². The Hall–Kier alpha value is -2.33. The predicted molar refractivity (Wildman–Crippen MR) is 86.6 cm³/mol. The van der Waals surface area contributed by atoms with Gasteiger partial charge < -0.3 is 15.2 Å². The van der Waals surface area contributed by atoms with Crippen molar-refractivity contribution in [3.63, 3.8) is 0 Å². The lowest BCUT2D eigenvalue weighted by Crippen LogP contribution is -2.17. The highest BCUT2D eigenvalue weighted by Gasteiger charge is 2.15. The molecule has 0 unspecified atom stereocenters. The molecule has 2 N–H and O–H groups in total. The summed E-state index contributed by atoms with van der Waals surface area (Å²) in [5.74, 6) is 0.491. The molecule has 0 fully saturated rings. The molecule has 0 heterocycles. The molecule has 1 atom stereocenters. The van der Waals surface area contributed by atoms with Gasteiger partial charge in [0.05, 0.1) is 20.1 Å². The number of rotatable bonds is 6. The zero-order valence-corrected chi connectivity index (χ0v) is 12.9. The number of ether oxygens (including phenoxy) is 2. The van der Waals surface area contributed by atoms with Gasteiger partial charge in [-0.3, -0.25) is 4.79 Å². The molecule has 0 spiro atoms. The predicted octanol–water partition coefficient (Wildman–Crippen LogP) is 3.32. The average Bonchev–Trinajstić information content (AvgIpc) is 2.55. The summed E-state index contributed by atoms with van der Waals surface area (Å²) in [6.45, 7) is 2.15. The van der Waals surface area contributed by atoms with Crippen molar-refractivity contribution in [2.24, 2.45) is 5.73 Å². The molecule has 2 rings (SSSR count). The molecule has 22 heavy (non-hydrogen) atoms. The van der Waals surface area contributed by atoms with E-state index >= 15 is 0 Å². The van der Waals surface area contributed by atoms with Crippen molar-refractivity contribution in [3.8, 4) is 16.9 Å². The third-order valence-electron chi connectivity index (χ3n) is 3.43. The van der Waals surface area contributed by atoms with Crippen LogP contribution in [0.4, 0.5) is 0 Å². The number of esters is 1. The minimum atomic E-state index is -0.396. The largest absolute Gasteiger partial charge is 0.496 e. The molecule has 0 aliphatic rings. The van der Waals surface area contributed by atoms with E-state index in [1.807, 2.05) is 48.5 Å². The lowest BCUT2D eigenvalue weighted by molar-refractivity contribution is -0.143. The van der Waals surface area contributed by atoms with Crippen LogP contribution in [0.2, 0.25) is 0 Å². The van der Waals surface area contributed by atoms with E-state index < -0.39 is 6.04 Å². The monoisotopic (exact) mass is 299 g/mol. The van der Waals surface area contributed by atoms with E-state index in [0.29, 0.717) is 6.61 Å². The number of carbonyl (C=O) groups is 1. The van der Waals surface area contributed by atoms with E-state index in [1.165, 1.54) is 0 Å². The summed E-state index contributed by atoms with van der Waals surface area (Å²) >= 11 is 0. The number of benzene rings is 2. The molecule has 4 heteroatoms. The minimum absolute atomic E-state index is 0.161. The number of hydrogen-bond donors (Lipinski definition) is 1. The van der Waals surface area contributed by atoms with Crippen LogP contribution in [0.5, 0.6) is 5.75 Å². The fraction of sp³-hybridized carbons (Fsp3) is 0.278. The van der Waals surface area contributed by atoms with Gasteiger partial charge in [0.1, 0.15) is 5.75 Å².